The Labute approximate surface area is 207 Å². The van der Waals surface area contributed by atoms with E-state index in [0.29, 0.717) is 24.2 Å². The summed E-state index contributed by atoms with van der Waals surface area (Å²) in [7, 11) is 1.24. The molecule has 198 valence electrons. The second kappa shape index (κ2) is 8.27. The van der Waals surface area contributed by atoms with Gasteiger partial charge in [-0.2, -0.15) is 0 Å². The number of carbonyl (C=O) groups excluding carboxylic acids is 3. The number of benzene rings is 1. The number of likely N-dealkylation sites (N-methyl/N-ethyl adjacent to an activating group) is 1. The van der Waals surface area contributed by atoms with Crippen molar-refractivity contribution < 1.29 is 41.4 Å². The molecule has 2 aromatic rings. The third kappa shape index (κ3) is 3.95. The van der Waals surface area contributed by atoms with Gasteiger partial charge in [0.15, 0.2) is 23.6 Å². The maximum Gasteiger partial charge on any atom is 0.272 e. The molecule has 2 heterocycles. The zero-order valence-electron chi connectivity index (χ0n) is 19.7. The molecule has 0 spiro atoms. The standard InChI is InChI=1S/C24H23F5N4O4/c1-9-16(19(34)21(36)32-23(22(37)30-2)7-24(28,29)8-23)15-4-10-3-14(10)33(15)18(9)20(35)31-11-5-12(25)17(27)13(26)6-11/h5-6,10,14,19,34H,3-4,7-8H2,1-2H3,(H,30,37)(H,31,35)(H,32,36)/t10-,14-,19?/m1/s1. The Morgan fingerprint density at radius 3 is 2.32 bits per heavy atom. The highest BCUT2D eigenvalue weighted by Gasteiger charge is 2.62. The van der Waals surface area contributed by atoms with Crippen molar-refractivity contribution in [3.63, 3.8) is 0 Å². The number of fused-ring (bicyclic) bond motifs is 3. The SMILES string of the molecule is CNC(=O)C1(NC(=O)C(O)c2c(C)c(C(=O)Nc3cc(F)c(F)c(F)c3)n3c2C[C@H]2C[C@H]23)CC(F)(F)C1. The molecule has 0 saturated heterocycles. The number of amides is 3. The van der Waals surface area contributed by atoms with Crippen LogP contribution in [0.15, 0.2) is 12.1 Å². The fraction of sp³-hybridized carbons (Fsp3) is 0.458. The predicted molar refractivity (Wildman–Crippen MR) is 118 cm³/mol. The number of aromatic nitrogens is 1. The number of rotatable bonds is 6. The van der Waals surface area contributed by atoms with Crippen LogP contribution in [0, 0.1) is 30.3 Å². The highest BCUT2D eigenvalue weighted by atomic mass is 19.3. The number of anilines is 1. The number of nitrogens with zero attached hydrogens (tertiary/aromatic N) is 1. The van der Waals surface area contributed by atoms with Crippen LogP contribution in [0.2, 0.25) is 0 Å². The first-order chi connectivity index (χ1) is 17.3. The van der Waals surface area contributed by atoms with Crippen molar-refractivity contribution in [3.05, 3.63) is 52.1 Å². The van der Waals surface area contributed by atoms with Crippen molar-refractivity contribution in [2.45, 2.75) is 56.2 Å². The minimum Gasteiger partial charge on any atom is -0.378 e. The minimum atomic E-state index is -3.15. The van der Waals surface area contributed by atoms with Crippen molar-refractivity contribution in [3.8, 4) is 0 Å². The molecule has 1 unspecified atom stereocenters. The molecule has 13 heteroatoms. The van der Waals surface area contributed by atoms with Gasteiger partial charge in [0.1, 0.15) is 11.2 Å². The molecule has 1 aromatic heterocycles. The molecule has 8 nitrogen and oxygen atoms in total. The van der Waals surface area contributed by atoms with Crippen LogP contribution in [0.5, 0.6) is 0 Å². The Morgan fingerprint density at radius 1 is 1.14 bits per heavy atom. The van der Waals surface area contributed by atoms with E-state index in [1.54, 1.807) is 4.57 Å². The Morgan fingerprint density at radius 2 is 1.76 bits per heavy atom. The number of aliphatic hydroxyl groups is 1. The molecule has 4 N–H and O–H groups in total. The van der Waals surface area contributed by atoms with Gasteiger partial charge in [-0.05, 0) is 31.2 Å². The highest BCUT2D eigenvalue weighted by molar-refractivity contribution is 6.05. The van der Waals surface area contributed by atoms with Gasteiger partial charge in [-0.3, -0.25) is 14.4 Å². The Bertz CT molecular complexity index is 1330. The molecule has 5 rings (SSSR count). The van der Waals surface area contributed by atoms with Crippen LogP contribution >= 0.6 is 0 Å². The molecule has 3 amide bonds. The van der Waals surface area contributed by atoms with Gasteiger partial charge < -0.3 is 25.6 Å². The predicted octanol–water partition coefficient (Wildman–Crippen LogP) is 2.65. The molecule has 3 atom stereocenters. The van der Waals surface area contributed by atoms with Crippen molar-refractivity contribution in [1.82, 2.24) is 15.2 Å². The molecule has 3 aliphatic rings. The van der Waals surface area contributed by atoms with Gasteiger partial charge in [0.05, 0.1) is 0 Å². The van der Waals surface area contributed by atoms with E-state index in [0.717, 1.165) is 6.42 Å². The normalized spacial score (nSPS) is 22.8. The maximum absolute atomic E-state index is 13.6. The second-order valence-electron chi connectivity index (χ2n) is 9.94. The molecule has 0 bridgehead atoms. The third-order valence-electron chi connectivity index (χ3n) is 7.40. The van der Waals surface area contributed by atoms with Crippen LogP contribution in [0.4, 0.5) is 27.6 Å². The highest BCUT2D eigenvalue weighted by Crippen LogP contribution is 2.55. The van der Waals surface area contributed by atoms with Crippen molar-refractivity contribution in [2.75, 3.05) is 12.4 Å². The van der Waals surface area contributed by atoms with E-state index in [1.807, 2.05) is 0 Å². The summed E-state index contributed by atoms with van der Waals surface area (Å²) >= 11 is 0. The number of aliphatic hydroxyl groups excluding tert-OH is 1. The summed E-state index contributed by atoms with van der Waals surface area (Å²) < 4.78 is 69.5. The Hall–Kier alpha value is -3.48. The first-order valence-electron chi connectivity index (χ1n) is 11.6. The second-order valence-corrected chi connectivity index (χ2v) is 9.94. The number of halogens is 5. The minimum absolute atomic E-state index is 0.0446. The number of alkyl halides is 2. The van der Waals surface area contributed by atoms with E-state index >= 15 is 0 Å². The molecule has 0 radical (unpaired) electrons. The third-order valence-corrected chi connectivity index (χ3v) is 7.40. The van der Waals surface area contributed by atoms with Gasteiger partial charge in [-0.25, -0.2) is 22.0 Å². The largest absolute Gasteiger partial charge is 0.378 e. The average Bonchev–Trinajstić information content (AvgIpc) is 3.38. The van der Waals surface area contributed by atoms with Crippen LogP contribution in [-0.2, 0) is 16.0 Å². The molecule has 37 heavy (non-hydrogen) atoms. The molecular weight excluding hydrogens is 503 g/mol. The quantitative estimate of drug-likeness (QED) is 0.343. The van der Waals surface area contributed by atoms with Gasteiger partial charge in [-0.15, -0.1) is 0 Å². The van der Waals surface area contributed by atoms with Gasteiger partial charge >= 0.3 is 0 Å². The van der Waals surface area contributed by atoms with Gasteiger partial charge in [0.2, 0.25) is 5.91 Å². The summed E-state index contributed by atoms with van der Waals surface area (Å²) in [5.74, 6) is -10.3. The lowest BCUT2D eigenvalue weighted by atomic mass is 9.72. The number of carbonyl (C=O) groups is 3. The lowest BCUT2D eigenvalue weighted by Crippen LogP contribution is -2.69. The zero-order chi connectivity index (χ0) is 27.0. The number of nitrogens with one attached hydrogen (secondary N) is 3. The van der Waals surface area contributed by atoms with Crippen LogP contribution in [0.3, 0.4) is 0 Å². The zero-order valence-corrected chi connectivity index (χ0v) is 19.7. The summed E-state index contributed by atoms with van der Waals surface area (Å²) in [5.41, 5.74) is -1.37. The van der Waals surface area contributed by atoms with E-state index < -0.39 is 65.6 Å². The molecule has 2 saturated carbocycles. The van der Waals surface area contributed by atoms with Gasteiger partial charge in [0.25, 0.3) is 17.7 Å². The first kappa shape index (κ1) is 25.2. The number of hydrogen-bond donors (Lipinski definition) is 4. The molecule has 2 aliphatic carbocycles. The maximum atomic E-state index is 13.6. The summed E-state index contributed by atoms with van der Waals surface area (Å²) in [6.07, 6.45) is -2.53. The summed E-state index contributed by atoms with van der Waals surface area (Å²) in [6.45, 7) is 1.47. The van der Waals surface area contributed by atoms with E-state index in [-0.39, 0.29) is 34.5 Å². The van der Waals surface area contributed by atoms with E-state index in [1.165, 1.54) is 14.0 Å². The monoisotopic (exact) mass is 526 g/mol. The van der Waals surface area contributed by atoms with E-state index in [9.17, 15) is 41.4 Å². The lowest BCUT2D eigenvalue weighted by Gasteiger charge is -2.46. The van der Waals surface area contributed by atoms with Crippen LogP contribution in [-0.4, -0.2) is 45.9 Å². The Kier molecular flexibility index (Phi) is 5.63. The first-order valence-corrected chi connectivity index (χ1v) is 11.6. The van der Waals surface area contributed by atoms with Gasteiger partial charge in [0, 0.05) is 55.0 Å². The van der Waals surface area contributed by atoms with Crippen molar-refractivity contribution >= 4 is 23.4 Å². The number of hydrogen-bond acceptors (Lipinski definition) is 4. The fourth-order valence-corrected chi connectivity index (χ4v) is 5.65. The van der Waals surface area contributed by atoms with Crippen LogP contribution in [0.1, 0.15) is 58.7 Å². The molecule has 1 aromatic carbocycles. The van der Waals surface area contributed by atoms with Crippen LogP contribution in [0.25, 0.3) is 0 Å². The molecule has 2 fully saturated rings. The summed E-state index contributed by atoms with van der Waals surface area (Å²) in [6, 6.07) is 1.16. The van der Waals surface area contributed by atoms with Crippen molar-refractivity contribution in [2.24, 2.45) is 5.92 Å². The molecular formula is C24H23F5N4O4. The molecule has 1 aliphatic heterocycles. The fourth-order valence-electron chi connectivity index (χ4n) is 5.65. The Balaban J connectivity index is 1.45. The van der Waals surface area contributed by atoms with Gasteiger partial charge in [-0.1, -0.05) is 0 Å². The van der Waals surface area contributed by atoms with Crippen LogP contribution < -0.4 is 16.0 Å². The van der Waals surface area contributed by atoms with E-state index in [2.05, 4.69) is 16.0 Å². The average molecular weight is 526 g/mol. The van der Waals surface area contributed by atoms with E-state index in [4.69, 9.17) is 0 Å². The lowest BCUT2D eigenvalue weighted by molar-refractivity contribution is -0.167. The topological polar surface area (TPSA) is 112 Å². The summed E-state index contributed by atoms with van der Waals surface area (Å²) in [5, 5.41) is 17.8. The smallest absolute Gasteiger partial charge is 0.272 e. The summed E-state index contributed by atoms with van der Waals surface area (Å²) in [4.78, 5) is 38.4. The van der Waals surface area contributed by atoms with Crippen molar-refractivity contribution in [1.29, 1.82) is 0 Å².